The fourth-order valence-electron chi connectivity index (χ4n) is 4.07. The first-order valence-electron chi connectivity index (χ1n) is 9.56. The van der Waals surface area contributed by atoms with E-state index in [1.54, 1.807) is 0 Å². The number of rotatable bonds is 6. The minimum Gasteiger partial charge on any atom is -0.206 e. The summed E-state index contributed by atoms with van der Waals surface area (Å²) in [5.41, 5.74) is 2.25. The third-order valence-electron chi connectivity index (χ3n) is 5.66. The number of hydrogen-bond donors (Lipinski definition) is 0. The fourth-order valence-corrected chi connectivity index (χ4v) is 4.07. The molecule has 0 aliphatic heterocycles. The van der Waals surface area contributed by atoms with Gasteiger partial charge in [0.2, 0.25) is 0 Å². The quantitative estimate of drug-likeness (QED) is 0.390. The van der Waals surface area contributed by atoms with Crippen molar-refractivity contribution in [3.8, 4) is 0 Å². The molecule has 24 heavy (non-hydrogen) atoms. The third-order valence-corrected chi connectivity index (χ3v) is 5.66. The maximum Gasteiger partial charge on any atom is 0.134 e. The van der Waals surface area contributed by atoms with Crippen LogP contribution in [0.25, 0.3) is 10.8 Å². The molecule has 0 amide bonds. The van der Waals surface area contributed by atoms with Gasteiger partial charge in [0.25, 0.3) is 0 Å². The van der Waals surface area contributed by atoms with Crippen molar-refractivity contribution in [2.45, 2.75) is 64.2 Å². The Morgan fingerprint density at radius 3 is 2.58 bits per heavy atom. The van der Waals surface area contributed by atoms with Gasteiger partial charge in [0, 0.05) is 5.39 Å². The van der Waals surface area contributed by atoms with Crippen LogP contribution in [-0.2, 0) is 6.42 Å². The third kappa shape index (κ3) is 3.71. The summed E-state index contributed by atoms with van der Waals surface area (Å²) >= 11 is 0. The Morgan fingerprint density at radius 2 is 1.88 bits per heavy atom. The molecule has 3 rings (SSSR count). The van der Waals surface area contributed by atoms with E-state index < -0.39 is 0 Å². The zero-order chi connectivity index (χ0) is 16.9. The van der Waals surface area contributed by atoms with Crippen LogP contribution in [0.2, 0.25) is 0 Å². The second-order valence-corrected chi connectivity index (χ2v) is 7.33. The number of halogens is 1. The molecule has 2 aromatic carbocycles. The van der Waals surface area contributed by atoms with Crippen LogP contribution in [0.15, 0.2) is 43.0 Å². The van der Waals surface area contributed by atoms with Gasteiger partial charge in [-0.25, -0.2) is 4.39 Å². The van der Waals surface area contributed by atoms with Crippen LogP contribution in [0, 0.1) is 11.7 Å². The van der Waals surface area contributed by atoms with E-state index in [1.165, 1.54) is 24.8 Å². The van der Waals surface area contributed by atoms with Crippen LogP contribution in [-0.4, -0.2) is 0 Å². The van der Waals surface area contributed by atoms with Crippen molar-refractivity contribution >= 4 is 10.8 Å². The Bertz CT molecular complexity index is 692. The molecule has 0 heterocycles. The van der Waals surface area contributed by atoms with Gasteiger partial charge in [-0.2, -0.15) is 0 Å². The normalized spacial score (nSPS) is 21.1. The van der Waals surface area contributed by atoms with E-state index in [1.807, 2.05) is 12.1 Å². The lowest BCUT2D eigenvalue weighted by Crippen LogP contribution is -2.12. The monoisotopic (exact) mass is 324 g/mol. The Labute approximate surface area is 145 Å². The van der Waals surface area contributed by atoms with Crippen molar-refractivity contribution < 1.29 is 4.39 Å². The van der Waals surface area contributed by atoms with Gasteiger partial charge in [-0.05, 0) is 66.9 Å². The summed E-state index contributed by atoms with van der Waals surface area (Å²) in [6, 6.07) is 10.4. The summed E-state index contributed by atoms with van der Waals surface area (Å²) in [5, 5.41) is 1.84. The van der Waals surface area contributed by atoms with E-state index in [4.69, 9.17) is 0 Å². The predicted molar refractivity (Wildman–Crippen MR) is 102 cm³/mol. The molecule has 0 saturated heterocycles. The maximum absolute atomic E-state index is 15.1. The van der Waals surface area contributed by atoms with Crippen LogP contribution in [0.4, 0.5) is 4.39 Å². The van der Waals surface area contributed by atoms with Crippen molar-refractivity contribution in [2.75, 3.05) is 0 Å². The van der Waals surface area contributed by atoms with E-state index in [0.717, 1.165) is 48.4 Å². The molecule has 0 spiro atoms. The zero-order valence-corrected chi connectivity index (χ0v) is 14.9. The van der Waals surface area contributed by atoms with Gasteiger partial charge >= 0.3 is 0 Å². The zero-order valence-electron chi connectivity index (χ0n) is 14.9. The number of unbranched alkanes of at least 4 members (excludes halogenated alkanes) is 2. The molecule has 0 nitrogen and oxygen atoms in total. The molecule has 0 N–H and O–H groups in total. The molecule has 1 fully saturated rings. The second-order valence-electron chi connectivity index (χ2n) is 7.33. The molecule has 0 atom stereocenters. The molecular formula is C23H29F. The van der Waals surface area contributed by atoms with Gasteiger partial charge in [0.05, 0.1) is 0 Å². The molecule has 1 aliphatic rings. The standard InChI is InChI=1S/C23H29F/c1-3-5-6-7-18-10-14-22-20(16-18)13-15-21(23(22)24)19-11-8-17(4-2)9-12-19/h4,10,13-17,19H,2-3,5-9,11-12H2,1H3. The molecule has 0 unspecified atom stereocenters. The highest BCUT2D eigenvalue weighted by molar-refractivity contribution is 5.84. The summed E-state index contributed by atoms with van der Waals surface area (Å²) < 4.78 is 15.1. The van der Waals surface area contributed by atoms with Crippen molar-refractivity contribution in [1.82, 2.24) is 0 Å². The minimum atomic E-state index is 0.00895. The van der Waals surface area contributed by atoms with E-state index in [-0.39, 0.29) is 5.82 Å². The first kappa shape index (κ1) is 17.2. The van der Waals surface area contributed by atoms with Crippen molar-refractivity contribution in [1.29, 1.82) is 0 Å². The molecular weight excluding hydrogens is 295 g/mol. The van der Waals surface area contributed by atoms with Crippen LogP contribution >= 0.6 is 0 Å². The average Bonchev–Trinajstić information content (AvgIpc) is 2.62. The highest BCUT2D eigenvalue weighted by Crippen LogP contribution is 2.38. The summed E-state index contributed by atoms with van der Waals surface area (Å²) in [6.07, 6.45) is 11.3. The number of benzene rings is 2. The number of hydrogen-bond acceptors (Lipinski definition) is 0. The van der Waals surface area contributed by atoms with Crippen LogP contribution in [0.3, 0.4) is 0 Å². The maximum atomic E-state index is 15.1. The first-order valence-corrected chi connectivity index (χ1v) is 9.56. The van der Waals surface area contributed by atoms with Crippen LogP contribution < -0.4 is 0 Å². The Kier molecular flexibility index (Phi) is 5.71. The van der Waals surface area contributed by atoms with Crippen molar-refractivity contribution in [3.05, 3.63) is 59.9 Å². The molecule has 128 valence electrons. The largest absolute Gasteiger partial charge is 0.206 e. The molecule has 0 radical (unpaired) electrons. The molecule has 2 aromatic rings. The Morgan fingerprint density at radius 1 is 1.08 bits per heavy atom. The summed E-state index contributed by atoms with van der Waals surface area (Å²) in [7, 11) is 0. The van der Waals surface area contributed by atoms with E-state index in [0.29, 0.717) is 11.8 Å². The van der Waals surface area contributed by atoms with Gasteiger partial charge < -0.3 is 0 Å². The van der Waals surface area contributed by atoms with E-state index >= 15 is 4.39 Å². The minimum absolute atomic E-state index is 0.00895. The first-order chi connectivity index (χ1) is 11.7. The van der Waals surface area contributed by atoms with Gasteiger partial charge in [0.1, 0.15) is 5.82 Å². The number of allylic oxidation sites excluding steroid dienone is 1. The summed E-state index contributed by atoms with van der Waals surface area (Å²) in [4.78, 5) is 0. The predicted octanol–water partition coefficient (Wildman–Crippen LogP) is 7.17. The molecule has 1 saturated carbocycles. The van der Waals surface area contributed by atoms with E-state index in [9.17, 15) is 0 Å². The molecule has 1 aliphatic carbocycles. The Hall–Kier alpha value is -1.63. The molecule has 1 heteroatoms. The fraction of sp³-hybridized carbons (Fsp3) is 0.478. The average molecular weight is 324 g/mol. The lowest BCUT2D eigenvalue weighted by atomic mass is 9.78. The Balaban J connectivity index is 1.80. The topological polar surface area (TPSA) is 0 Å². The van der Waals surface area contributed by atoms with Gasteiger partial charge in [-0.15, -0.1) is 6.58 Å². The molecule has 0 bridgehead atoms. The van der Waals surface area contributed by atoms with Crippen LogP contribution in [0.5, 0.6) is 0 Å². The highest BCUT2D eigenvalue weighted by Gasteiger charge is 2.23. The van der Waals surface area contributed by atoms with Gasteiger partial charge in [-0.3, -0.25) is 0 Å². The smallest absolute Gasteiger partial charge is 0.134 e. The second kappa shape index (κ2) is 7.96. The highest BCUT2D eigenvalue weighted by atomic mass is 19.1. The molecule has 0 aromatic heterocycles. The summed E-state index contributed by atoms with van der Waals surface area (Å²) in [6.45, 7) is 6.12. The van der Waals surface area contributed by atoms with Crippen molar-refractivity contribution in [2.24, 2.45) is 5.92 Å². The summed E-state index contributed by atoms with van der Waals surface area (Å²) in [5.74, 6) is 1.000. The number of fused-ring (bicyclic) bond motifs is 1. The SMILES string of the molecule is C=CC1CCC(c2ccc3cc(CCCCC)ccc3c2F)CC1. The van der Waals surface area contributed by atoms with Gasteiger partial charge in [0.15, 0.2) is 0 Å². The van der Waals surface area contributed by atoms with Crippen LogP contribution in [0.1, 0.15) is 68.9 Å². The number of aryl methyl sites for hydroxylation is 1. The lowest BCUT2D eigenvalue weighted by Gasteiger charge is -2.27. The van der Waals surface area contributed by atoms with Gasteiger partial charge in [-0.1, -0.05) is 56.2 Å². The van der Waals surface area contributed by atoms with Crippen molar-refractivity contribution in [3.63, 3.8) is 0 Å². The lowest BCUT2D eigenvalue weighted by molar-refractivity contribution is 0.369. The van der Waals surface area contributed by atoms with E-state index in [2.05, 4.69) is 37.8 Å².